The van der Waals surface area contributed by atoms with E-state index in [1.54, 1.807) is 28.6 Å². The summed E-state index contributed by atoms with van der Waals surface area (Å²) in [5, 5.41) is 0. The maximum absolute atomic E-state index is 13.3. The summed E-state index contributed by atoms with van der Waals surface area (Å²) >= 11 is 0. The lowest BCUT2D eigenvalue weighted by molar-refractivity contribution is 0.208. The summed E-state index contributed by atoms with van der Waals surface area (Å²) in [6.45, 7) is 4.69. The zero-order valence-corrected chi connectivity index (χ0v) is 22.8. The number of rotatable bonds is 6. The van der Waals surface area contributed by atoms with Crippen molar-refractivity contribution in [2.45, 2.75) is 49.5 Å². The molecule has 1 saturated carbocycles. The van der Waals surface area contributed by atoms with E-state index in [1.807, 2.05) is 30.3 Å². The number of ether oxygens (including phenoxy) is 1. The van der Waals surface area contributed by atoms with Gasteiger partial charge in [-0.25, -0.2) is 8.42 Å². The lowest BCUT2D eigenvalue weighted by atomic mass is 10.0. The van der Waals surface area contributed by atoms with Gasteiger partial charge >= 0.3 is 0 Å². The van der Waals surface area contributed by atoms with Crippen molar-refractivity contribution in [3.8, 4) is 11.5 Å². The van der Waals surface area contributed by atoms with Crippen LogP contribution in [0, 0.1) is 0 Å². The minimum atomic E-state index is -3.55. The largest absolute Gasteiger partial charge is 0.457 e. The number of sulfonamides is 1. The first-order valence-electron chi connectivity index (χ1n) is 14.0. The van der Waals surface area contributed by atoms with Crippen LogP contribution < -0.4 is 9.64 Å². The molecule has 2 fully saturated rings. The Bertz CT molecular complexity index is 1330. The van der Waals surface area contributed by atoms with Crippen LogP contribution in [0.2, 0.25) is 0 Å². The summed E-state index contributed by atoms with van der Waals surface area (Å²) < 4.78 is 34.1. The van der Waals surface area contributed by atoms with E-state index in [0.29, 0.717) is 36.8 Å². The third-order valence-corrected chi connectivity index (χ3v) is 10.3. The van der Waals surface area contributed by atoms with Crippen LogP contribution in [-0.4, -0.2) is 62.9 Å². The average Bonchev–Trinajstić information content (AvgIpc) is 3.41. The molecule has 7 heteroatoms. The topological polar surface area (TPSA) is 53.1 Å². The molecule has 6 nitrogen and oxygen atoms in total. The van der Waals surface area contributed by atoms with Gasteiger partial charge in [0.2, 0.25) is 10.0 Å². The smallest absolute Gasteiger partial charge is 0.243 e. The lowest BCUT2D eigenvalue weighted by Gasteiger charge is -2.35. The van der Waals surface area contributed by atoms with Crippen LogP contribution in [0.15, 0.2) is 77.7 Å². The Morgan fingerprint density at radius 2 is 1.34 bits per heavy atom. The van der Waals surface area contributed by atoms with Gasteiger partial charge in [-0.05, 0) is 85.3 Å². The molecular formula is C31H37N3O3S. The van der Waals surface area contributed by atoms with Crippen LogP contribution in [0.25, 0.3) is 0 Å². The van der Waals surface area contributed by atoms with E-state index in [2.05, 4.69) is 28.0 Å². The maximum atomic E-state index is 13.3. The quantitative estimate of drug-likeness (QED) is 0.430. The number of hydrogen-bond acceptors (Lipinski definition) is 5. The third kappa shape index (κ3) is 5.46. The fourth-order valence-electron chi connectivity index (χ4n) is 6.20. The second-order valence-electron chi connectivity index (χ2n) is 10.7. The number of piperazine rings is 1. The zero-order valence-electron chi connectivity index (χ0n) is 22.0. The highest BCUT2D eigenvalue weighted by Crippen LogP contribution is 2.29. The van der Waals surface area contributed by atoms with Crippen LogP contribution >= 0.6 is 0 Å². The second-order valence-corrected chi connectivity index (χ2v) is 12.6. The monoisotopic (exact) mass is 531 g/mol. The summed E-state index contributed by atoms with van der Waals surface area (Å²) in [6.07, 6.45) is 7.73. The summed E-state index contributed by atoms with van der Waals surface area (Å²) in [5.74, 6) is 1.35. The van der Waals surface area contributed by atoms with E-state index in [-0.39, 0.29) is 0 Å². The molecule has 0 unspecified atom stereocenters. The van der Waals surface area contributed by atoms with Crippen molar-refractivity contribution in [1.29, 1.82) is 0 Å². The number of hydrogen-bond donors (Lipinski definition) is 0. The average molecular weight is 532 g/mol. The van der Waals surface area contributed by atoms with E-state index >= 15 is 0 Å². The Morgan fingerprint density at radius 1 is 0.684 bits per heavy atom. The van der Waals surface area contributed by atoms with E-state index < -0.39 is 10.0 Å². The van der Waals surface area contributed by atoms with Crippen molar-refractivity contribution in [3.63, 3.8) is 0 Å². The molecule has 0 amide bonds. The Kier molecular flexibility index (Phi) is 7.41. The highest BCUT2D eigenvalue weighted by molar-refractivity contribution is 7.89. The standard InChI is InChI=1S/C31H37N3O3S/c35-38(36,31-14-12-30(13-15-31)37-29-8-2-1-3-9-29)34-22-20-33(21-23-34)28-11-10-25-16-18-32(19-17-26(25)24-28)27-6-4-5-7-27/h1-3,8-15,24,27H,4-7,16-23H2. The highest BCUT2D eigenvalue weighted by Gasteiger charge is 2.29. The van der Waals surface area contributed by atoms with Gasteiger partial charge in [0.05, 0.1) is 4.90 Å². The molecule has 0 spiro atoms. The Morgan fingerprint density at radius 3 is 2.05 bits per heavy atom. The van der Waals surface area contributed by atoms with Gasteiger partial charge in [-0.15, -0.1) is 0 Å². The van der Waals surface area contributed by atoms with Gasteiger partial charge < -0.3 is 9.64 Å². The maximum Gasteiger partial charge on any atom is 0.243 e. The summed E-state index contributed by atoms with van der Waals surface area (Å²) in [6, 6.07) is 23.9. The van der Waals surface area contributed by atoms with Crippen LogP contribution in [0.5, 0.6) is 11.5 Å². The molecule has 3 aromatic rings. The molecule has 3 aromatic carbocycles. The lowest BCUT2D eigenvalue weighted by Crippen LogP contribution is -2.48. The van der Waals surface area contributed by atoms with Gasteiger partial charge in [0, 0.05) is 51.0 Å². The van der Waals surface area contributed by atoms with E-state index in [0.717, 1.165) is 31.2 Å². The van der Waals surface area contributed by atoms with Crippen molar-refractivity contribution in [2.24, 2.45) is 0 Å². The zero-order chi connectivity index (χ0) is 26.0. The fraction of sp³-hybridized carbons (Fsp3) is 0.419. The van der Waals surface area contributed by atoms with Gasteiger partial charge in [-0.2, -0.15) is 4.31 Å². The van der Waals surface area contributed by atoms with Crippen LogP contribution in [0.3, 0.4) is 0 Å². The Labute approximate surface area is 226 Å². The summed E-state index contributed by atoms with van der Waals surface area (Å²) in [7, 11) is -3.55. The predicted molar refractivity (Wildman–Crippen MR) is 152 cm³/mol. The molecule has 200 valence electrons. The molecule has 1 saturated heterocycles. The Hall–Kier alpha value is -2.87. The number of benzene rings is 3. The number of para-hydroxylation sites is 1. The van der Waals surface area contributed by atoms with Crippen LogP contribution in [0.4, 0.5) is 5.69 Å². The second kappa shape index (κ2) is 11.1. The molecule has 3 aliphatic rings. The predicted octanol–water partition coefficient (Wildman–Crippen LogP) is 5.33. The SMILES string of the molecule is O=S(=O)(c1ccc(Oc2ccccc2)cc1)N1CCN(c2ccc3c(c2)CCN(C2CCCC2)CC3)CC1. The van der Waals surface area contributed by atoms with Gasteiger partial charge in [-0.3, -0.25) is 4.90 Å². The molecule has 2 heterocycles. The molecule has 0 N–H and O–H groups in total. The summed E-state index contributed by atoms with van der Waals surface area (Å²) in [4.78, 5) is 5.36. The molecule has 0 aromatic heterocycles. The van der Waals surface area contributed by atoms with Gasteiger partial charge in [-0.1, -0.05) is 37.1 Å². The molecule has 0 radical (unpaired) electrons. The molecule has 0 atom stereocenters. The van der Waals surface area contributed by atoms with Crippen LogP contribution in [0.1, 0.15) is 36.8 Å². The van der Waals surface area contributed by atoms with Gasteiger partial charge in [0.1, 0.15) is 11.5 Å². The molecule has 6 rings (SSSR count). The number of fused-ring (bicyclic) bond motifs is 1. The van der Waals surface area contributed by atoms with Crippen LogP contribution in [-0.2, 0) is 22.9 Å². The van der Waals surface area contributed by atoms with Gasteiger partial charge in [0.15, 0.2) is 0 Å². The Balaban J connectivity index is 1.07. The highest BCUT2D eigenvalue weighted by atomic mass is 32.2. The fourth-order valence-corrected chi connectivity index (χ4v) is 7.62. The van der Waals surface area contributed by atoms with Crippen molar-refractivity contribution >= 4 is 15.7 Å². The normalized spacial score (nSPS) is 19.7. The minimum absolute atomic E-state index is 0.309. The molecule has 2 aliphatic heterocycles. The molecule has 38 heavy (non-hydrogen) atoms. The number of nitrogens with zero attached hydrogens (tertiary/aromatic N) is 3. The summed E-state index contributed by atoms with van der Waals surface area (Å²) in [5.41, 5.74) is 4.17. The molecular weight excluding hydrogens is 494 g/mol. The number of anilines is 1. The van der Waals surface area contributed by atoms with E-state index in [9.17, 15) is 8.42 Å². The first kappa shape index (κ1) is 25.4. The third-order valence-electron chi connectivity index (χ3n) is 8.41. The van der Waals surface area contributed by atoms with Crippen molar-refractivity contribution < 1.29 is 13.2 Å². The van der Waals surface area contributed by atoms with Gasteiger partial charge in [0.25, 0.3) is 0 Å². The minimum Gasteiger partial charge on any atom is -0.457 e. The molecule has 0 bridgehead atoms. The first-order chi connectivity index (χ1) is 18.6. The van der Waals surface area contributed by atoms with Crippen molar-refractivity contribution in [3.05, 3.63) is 83.9 Å². The van der Waals surface area contributed by atoms with E-state index in [4.69, 9.17) is 4.74 Å². The van der Waals surface area contributed by atoms with Crippen molar-refractivity contribution in [2.75, 3.05) is 44.2 Å². The van der Waals surface area contributed by atoms with E-state index in [1.165, 1.54) is 49.0 Å². The molecule has 1 aliphatic carbocycles. The first-order valence-corrected chi connectivity index (χ1v) is 15.4. The van der Waals surface area contributed by atoms with Crippen molar-refractivity contribution in [1.82, 2.24) is 9.21 Å².